The molecule has 0 saturated carbocycles. The van der Waals surface area contributed by atoms with E-state index < -0.39 is 0 Å². The summed E-state index contributed by atoms with van der Waals surface area (Å²) in [5, 5.41) is 0. The lowest BCUT2D eigenvalue weighted by atomic mass is 10.2. The Bertz CT molecular complexity index is 679. The van der Waals surface area contributed by atoms with Crippen LogP contribution in [-0.4, -0.2) is 54.1 Å². The van der Waals surface area contributed by atoms with Crippen LogP contribution in [0.1, 0.15) is 12.5 Å². The minimum Gasteiger partial charge on any atom is -0.354 e. The maximum atomic E-state index is 4.85. The van der Waals surface area contributed by atoms with E-state index in [1.165, 1.54) is 11.3 Å². The van der Waals surface area contributed by atoms with Crippen LogP contribution in [0.15, 0.2) is 36.5 Å². The topological polar surface area (TPSA) is 35.5 Å². The van der Waals surface area contributed by atoms with Gasteiger partial charge in [0.2, 0.25) is 5.95 Å². The van der Waals surface area contributed by atoms with Gasteiger partial charge in [-0.1, -0.05) is 25.1 Å². The van der Waals surface area contributed by atoms with Crippen molar-refractivity contribution in [1.82, 2.24) is 14.9 Å². The Balaban J connectivity index is 1.56. The first-order valence-corrected chi connectivity index (χ1v) is 8.51. The van der Waals surface area contributed by atoms with Crippen molar-refractivity contribution < 1.29 is 0 Å². The second kappa shape index (κ2) is 6.16. The lowest BCUT2D eigenvalue weighted by Crippen LogP contribution is -2.46. The highest BCUT2D eigenvalue weighted by molar-refractivity contribution is 5.66. The van der Waals surface area contributed by atoms with Gasteiger partial charge in [-0.15, -0.1) is 0 Å². The molecule has 2 aliphatic heterocycles. The molecule has 2 aromatic rings. The third-order valence-electron chi connectivity index (χ3n) is 4.90. The fourth-order valence-corrected chi connectivity index (χ4v) is 3.48. The SMILES string of the molecule is CCN1CCN(c2ccnc(N3CCc4ccccc43)n2)CC1. The molecule has 4 rings (SSSR count). The van der Waals surface area contributed by atoms with Crippen LogP contribution in [0.4, 0.5) is 17.5 Å². The number of rotatable bonds is 3. The zero-order valence-electron chi connectivity index (χ0n) is 13.6. The summed E-state index contributed by atoms with van der Waals surface area (Å²) in [4.78, 5) is 16.5. The van der Waals surface area contributed by atoms with Crippen molar-refractivity contribution >= 4 is 17.5 Å². The minimum absolute atomic E-state index is 0.824. The van der Waals surface area contributed by atoms with E-state index in [0.717, 1.165) is 57.5 Å². The highest BCUT2D eigenvalue weighted by atomic mass is 15.3. The Morgan fingerprint density at radius 3 is 2.65 bits per heavy atom. The molecule has 1 aromatic carbocycles. The Morgan fingerprint density at radius 2 is 1.83 bits per heavy atom. The molecule has 3 heterocycles. The number of hydrogen-bond acceptors (Lipinski definition) is 5. The molecule has 0 atom stereocenters. The van der Waals surface area contributed by atoms with Crippen LogP contribution in [0.5, 0.6) is 0 Å². The number of para-hydroxylation sites is 1. The first-order chi connectivity index (χ1) is 11.3. The van der Waals surface area contributed by atoms with E-state index in [9.17, 15) is 0 Å². The van der Waals surface area contributed by atoms with Gasteiger partial charge in [0.1, 0.15) is 5.82 Å². The van der Waals surface area contributed by atoms with Crippen molar-refractivity contribution in [2.75, 3.05) is 49.1 Å². The third kappa shape index (κ3) is 2.77. The molecular weight excluding hydrogens is 286 g/mol. The molecule has 0 aliphatic carbocycles. The molecule has 0 radical (unpaired) electrons. The highest BCUT2D eigenvalue weighted by Crippen LogP contribution is 2.32. The average molecular weight is 309 g/mol. The van der Waals surface area contributed by atoms with Crippen LogP contribution in [0.2, 0.25) is 0 Å². The molecule has 0 spiro atoms. The summed E-state index contributed by atoms with van der Waals surface area (Å²) >= 11 is 0. The number of likely N-dealkylation sites (N-methyl/N-ethyl adjacent to an activating group) is 1. The fourth-order valence-electron chi connectivity index (χ4n) is 3.48. The Kier molecular flexibility index (Phi) is 3.87. The number of piperazine rings is 1. The molecule has 5 heteroatoms. The average Bonchev–Trinajstić information content (AvgIpc) is 3.06. The normalized spacial score (nSPS) is 18.3. The second-order valence-electron chi connectivity index (χ2n) is 6.17. The van der Waals surface area contributed by atoms with Gasteiger partial charge >= 0.3 is 0 Å². The van der Waals surface area contributed by atoms with Gasteiger partial charge in [0, 0.05) is 44.6 Å². The quantitative estimate of drug-likeness (QED) is 0.869. The summed E-state index contributed by atoms with van der Waals surface area (Å²) in [7, 11) is 0. The maximum absolute atomic E-state index is 4.85. The lowest BCUT2D eigenvalue weighted by Gasteiger charge is -2.35. The first kappa shape index (κ1) is 14.5. The van der Waals surface area contributed by atoms with Crippen molar-refractivity contribution in [3.8, 4) is 0 Å². The van der Waals surface area contributed by atoms with Gasteiger partial charge in [-0.05, 0) is 30.7 Å². The summed E-state index contributed by atoms with van der Waals surface area (Å²) in [6.07, 6.45) is 2.96. The summed E-state index contributed by atoms with van der Waals surface area (Å²) in [6.45, 7) is 8.63. The molecule has 120 valence electrons. The largest absolute Gasteiger partial charge is 0.354 e. The summed E-state index contributed by atoms with van der Waals surface area (Å²) in [5.74, 6) is 1.88. The fraction of sp³-hybridized carbons (Fsp3) is 0.444. The van der Waals surface area contributed by atoms with Crippen molar-refractivity contribution in [3.63, 3.8) is 0 Å². The van der Waals surface area contributed by atoms with Gasteiger partial charge in [0.25, 0.3) is 0 Å². The molecule has 2 aliphatic rings. The number of benzene rings is 1. The monoisotopic (exact) mass is 309 g/mol. The van der Waals surface area contributed by atoms with Crippen LogP contribution in [0.25, 0.3) is 0 Å². The molecule has 1 saturated heterocycles. The van der Waals surface area contributed by atoms with Crippen LogP contribution in [0.3, 0.4) is 0 Å². The predicted octanol–water partition coefficient (Wildman–Crippen LogP) is 2.31. The van der Waals surface area contributed by atoms with E-state index in [4.69, 9.17) is 4.98 Å². The Labute approximate surface area is 137 Å². The van der Waals surface area contributed by atoms with Gasteiger partial charge in [0.05, 0.1) is 0 Å². The summed E-state index contributed by atoms with van der Waals surface area (Å²) in [6, 6.07) is 10.6. The highest BCUT2D eigenvalue weighted by Gasteiger charge is 2.23. The van der Waals surface area contributed by atoms with E-state index in [1.54, 1.807) is 0 Å². The van der Waals surface area contributed by atoms with E-state index in [2.05, 4.69) is 50.9 Å². The smallest absolute Gasteiger partial charge is 0.231 e. The van der Waals surface area contributed by atoms with Crippen LogP contribution in [-0.2, 0) is 6.42 Å². The van der Waals surface area contributed by atoms with Gasteiger partial charge in [-0.2, -0.15) is 4.98 Å². The van der Waals surface area contributed by atoms with E-state index in [-0.39, 0.29) is 0 Å². The van der Waals surface area contributed by atoms with Crippen LogP contribution >= 0.6 is 0 Å². The van der Waals surface area contributed by atoms with Gasteiger partial charge in [-0.25, -0.2) is 4.98 Å². The lowest BCUT2D eigenvalue weighted by molar-refractivity contribution is 0.270. The Morgan fingerprint density at radius 1 is 1.00 bits per heavy atom. The van der Waals surface area contributed by atoms with Crippen molar-refractivity contribution in [2.24, 2.45) is 0 Å². The van der Waals surface area contributed by atoms with Crippen LogP contribution < -0.4 is 9.80 Å². The van der Waals surface area contributed by atoms with E-state index in [0.29, 0.717) is 0 Å². The zero-order chi connectivity index (χ0) is 15.6. The van der Waals surface area contributed by atoms with Crippen molar-refractivity contribution in [3.05, 3.63) is 42.1 Å². The van der Waals surface area contributed by atoms with Crippen molar-refractivity contribution in [1.29, 1.82) is 0 Å². The molecule has 0 bridgehead atoms. The molecular formula is C18H23N5. The van der Waals surface area contributed by atoms with Crippen LogP contribution in [0, 0.1) is 0 Å². The summed E-state index contributed by atoms with van der Waals surface area (Å²) in [5.41, 5.74) is 2.64. The van der Waals surface area contributed by atoms with Gasteiger partial charge in [-0.3, -0.25) is 0 Å². The van der Waals surface area contributed by atoms with Gasteiger partial charge < -0.3 is 14.7 Å². The second-order valence-corrected chi connectivity index (χ2v) is 6.17. The standard InChI is InChI=1S/C18H23N5/c1-2-21-11-13-22(14-12-21)17-7-9-19-18(20-17)23-10-8-15-5-3-4-6-16(15)23/h3-7,9H,2,8,10-14H2,1H3. The predicted molar refractivity (Wildman–Crippen MR) is 93.5 cm³/mol. The molecule has 1 aromatic heterocycles. The van der Waals surface area contributed by atoms with E-state index >= 15 is 0 Å². The van der Waals surface area contributed by atoms with Gasteiger partial charge in [0.15, 0.2) is 0 Å². The molecule has 5 nitrogen and oxygen atoms in total. The maximum Gasteiger partial charge on any atom is 0.231 e. The minimum atomic E-state index is 0.824. The zero-order valence-corrected chi connectivity index (χ0v) is 13.6. The number of fused-ring (bicyclic) bond motifs is 1. The van der Waals surface area contributed by atoms with E-state index in [1.807, 2.05) is 12.3 Å². The summed E-state index contributed by atoms with van der Waals surface area (Å²) < 4.78 is 0. The molecule has 1 fully saturated rings. The Hall–Kier alpha value is -2.14. The molecule has 0 unspecified atom stereocenters. The molecule has 23 heavy (non-hydrogen) atoms. The number of hydrogen-bond donors (Lipinski definition) is 0. The van der Waals surface area contributed by atoms with Crippen molar-refractivity contribution in [2.45, 2.75) is 13.3 Å². The third-order valence-corrected chi connectivity index (χ3v) is 4.90. The number of anilines is 3. The molecule has 0 amide bonds. The number of nitrogens with zero attached hydrogens (tertiary/aromatic N) is 5. The number of aromatic nitrogens is 2. The molecule has 0 N–H and O–H groups in total. The first-order valence-electron chi connectivity index (χ1n) is 8.51.